The largest absolute Gasteiger partial charge is 0.467 e. The van der Waals surface area contributed by atoms with E-state index in [4.69, 9.17) is 13.9 Å². The number of likely N-dealkylation sites (N-methyl/N-ethyl adjacent to an activating group) is 1. The normalized spacial score (nSPS) is 18.8. The molecule has 2 aliphatic heterocycles. The summed E-state index contributed by atoms with van der Waals surface area (Å²) in [6.45, 7) is 6.12. The van der Waals surface area contributed by atoms with Crippen molar-refractivity contribution in [2.75, 3.05) is 51.4 Å². The number of hydrogen-bond acceptors (Lipinski definition) is 7. The van der Waals surface area contributed by atoms with Crippen molar-refractivity contribution in [2.45, 2.75) is 19.5 Å². The first-order valence-electron chi connectivity index (χ1n) is 11.2. The first-order chi connectivity index (χ1) is 16.1. The molecule has 1 aromatic heterocycles. The van der Waals surface area contributed by atoms with Crippen molar-refractivity contribution in [1.29, 1.82) is 0 Å². The minimum absolute atomic E-state index is 0.233. The molecule has 0 spiro atoms. The first kappa shape index (κ1) is 22.9. The van der Waals surface area contributed by atoms with Gasteiger partial charge in [0.1, 0.15) is 11.8 Å². The Kier molecular flexibility index (Phi) is 7.31. The number of para-hydroxylation sites is 1. The lowest BCUT2D eigenvalue weighted by molar-refractivity contribution is -0.139. The second-order valence-corrected chi connectivity index (χ2v) is 8.06. The van der Waals surface area contributed by atoms with Gasteiger partial charge in [-0.25, -0.2) is 9.59 Å². The highest BCUT2D eigenvalue weighted by molar-refractivity contribution is 5.95. The van der Waals surface area contributed by atoms with Gasteiger partial charge >= 0.3 is 12.0 Å². The van der Waals surface area contributed by atoms with E-state index < -0.39 is 12.0 Å². The van der Waals surface area contributed by atoms with E-state index in [9.17, 15) is 9.59 Å². The van der Waals surface area contributed by atoms with E-state index in [1.165, 1.54) is 17.5 Å². The minimum atomic E-state index is -0.711. The molecule has 1 atom stereocenters. The van der Waals surface area contributed by atoms with Crippen LogP contribution in [0, 0.1) is 0 Å². The molecule has 0 aliphatic carbocycles. The number of benzene rings is 1. The van der Waals surface area contributed by atoms with Crippen LogP contribution in [0.1, 0.15) is 24.3 Å². The number of nitrogens with zero attached hydrogens (tertiary/aromatic N) is 2. The topological polar surface area (TPSA) is 96.3 Å². The molecular formula is C24H30N4O5. The Morgan fingerprint density at radius 2 is 1.97 bits per heavy atom. The zero-order valence-electron chi connectivity index (χ0n) is 19.0. The number of ether oxygens (including phenoxy) is 2. The van der Waals surface area contributed by atoms with Gasteiger partial charge in [-0.3, -0.25) is 4.90 Å². The number of anilines is 1. The summed E-state index contributed by atoms with van der Waals surface area (Å²) in [4.78, 5) is 29.7. The molecule has 0 saturated carbocycles. The van der Waals surface area contributed by atoms with Crippen molar-refractivity contribution in [1.82, 2.24) is 15.5 Å². The van der Waals surface area contributed by atoms with Crippen molar-refractivity contribution in [3.8, 4) is 0 Å². The fraction of sp³-hybridized carbons (Fsp3) is 0.417. The van der Waals surface area contributed by atoms with Gasteiger partial charge in [-0.15, -0.1) is 0 Å². The third-order valence-electron chi connectivity index (χ3n) is 5.69. The van der Waals surface area contributed by atoms with Crippen LogP contribution in [0.4, 0.5) is 10.5 Å². The zero-order valence-corrected chi connectivity index (χ0v) is 19.0. The number of carbonyl (C=O) groups excluding carboxylic acids is 2. The number of amides is 2. The molecule has 2 aromatic rings. The van der Waals surface area contributed by atoms with Crippen LogP contribution in [0.15, 0.2) is 58.3 Å². The first-order valence-corrected chi connectivity index (χ1v) is 11.2. The highest BCUT2D eigenvalue weighted by atomic mass is 16.5. The molecule has 1 saturated heterocycles. The average Bonchev–Trinajstić information content (AvgIpc) is 3.34. The maximum atomic E-state index is 12.9. The van der Waals surface area contributed by atoms with Crippen molar-refractivity contribution >= 4 is 17.7 Å². The molecule has 0 bridgehead atoms. The van der Waals surface area contributed by atoms with E-state index in [2.05, 4.69) is 32.6 Å². The average molecular weight is 455 g/mol. The van der Waals surface area contributed by atoms with E-state index in [0.717, 1.165) is 13.1 Å². The molecule has 3 heterocycles. The van der Waals surface area contributed by atoms with Crippen molar-refractivity contribution in [3.63, 3.8) is 0 Å². The Balaban J connectivity index is 1.58. The SMILES string of the molecule is CCOC(=O)C1=C(CN(C)Cc2ccccc2N2CCOCC2)NC(=O)N[C@@H]1c1ccco1. The predicted molar refractivity (Wildman–Crippen MR) is 123 cm³/mol. The van der Waals surface area contributed by atoms with Gasteiger partial charge in [0, 0.05) is 37.6 Å². The smallest absolute Gasteiger partial charge is 0.338 e. The Bertz CT molecular complexity index is 998. The van der Waals surface area contributed by atoms with E-state index in [-0.39, 0.29) is 12.6 Å². The number of rotatable bonds is 8. The quantitative estimate of drug-likeness (QED) is 0.592. The fourth-order valence-electron chi connectivity index (χ4n) is 4.24. The maximum absolute atomic E-state index is 12.9. The van der Waals surface area contributed by atoms with Gasteiger partial charge in [0.15, 0.2) is 0 Å². The molecule has 0 radical (unpaired) electrons. The number of urea groups is 1. The van der Waals surface area contributed by atoms with Crippen LogP contribution in [0.3, 0.4) is 0 Å². The van der Waals surface area contributed by atoms with Crippen molar-refractivity contribution < 1.29 is 23.5 Å². The number of nitrogens with one attached hydrogen (secondary N) is 2. The molecule has 33 heavy (non-hydrogen) atoms. The summed E-state index contributed by atoms with van der Waals surface area (Å²) in [5.41, 5.74) is 3.20. The number of esters is 1. The van der Waals surface area contributed by atoms with Gasteiger partial charge in [-0.05, 0) is 37.7 Å². The molecule has 1 fully saturated rings. The standard InChI is InChI=1S/C24H30N4O5/c1-3-32-23(29)21-18(25-24(30)26-22(21)20-9-6-12-33-20)16-27(2)15-17-7-4-5-8-19(17)28-10-13-31-14-11-28/h4-9,12,22H,3,10-11,13-16H2,1-2H3,(H2,25,26,30)/t22-/m1/s1. The Morgan fingerprint density at radius 1 is 1.18 bits per heavy atom. The molecule has 0 unspecified atom stereocenters. The van der Waals surface area contributed by atoms with E-state index in [1.807, 2.05) is 19.2 Å². The summed E-state index contributed by atoms with van der Waals surface area (Å²) in [6, 6.07) is 10.6. The third kappa shape index (κ3) is 5.37. The molecule has 2 N–H and O–H groups in total. The molecule has 176 valence electrons. The maximum Gasteiger partial charge on any atom is 0.338 e. The van der Waals surface area contributed by atoms with Gasteiger partial charge < -0.3 is 29.4 Å². The van der Waals surface area contributed by atoms with Crippen LogP contribution in [0.5, 0.6) is 0 Å². The summed E-state index contributed by atoms with van der Waals surface area (Å²) in [7, 11) is 1.96. The van der Waals surface area contributed by atoms with Gasteiger partial charge in [0.25, 0.3) is 0 Å². The lowest BCUT2D eigenvalue weighted by Gasteiger charge is -2.32. The van der Waals surface area contributed by atoms with Crippen LogP contribution in [0.2, 0.25) is 0 Å². The summed E-state index contributed by atoms with van der Waals surface area (Å²) in [5, 5.41) is 5.58. The number of carbonyl (C=O) groups is 2. The Labute approximate surface area is 193 Å². The van der Waals surface area contributed by atoms with Gasteiger partial charge in [-0.2, -0.15) is 0 Å². The van der Waals surface area contributed by atoms with Gasteiger partial charge in [0.05, 0.1) is 31.7 Å². The summed E-state index contributed by atoms with van der Waals surface area (Å²) < 4.78 is 16.3. The van der Waals surface area contributed by atoms with Crippen LogP contribution in [-0.4, -0.2) is 63.4 Å². The minimum Gasteiger partial charge on any atom is -0.467 e. The lowest BCUT2D eigenvalue weighted by atomic mass is 9.99. The molecule has 2 amide bonds. The number of furan rings is 1. The number of hydrogen-bond donors (Lipinski definition) is 2. The van der Waals surface area contributed by atoms with E-state index in [1.54, 1.807) is 19.1 Å². The predicted octanol–water partition coefficient (Wildman–Crippen LogP) is 2.42. The van der Waals surface area contributed by atoms with Crippen molar-refractivity contribution in [2.24, 2.45) is 0 Å². The van der Waals surface area contributed by atoms with Crippen LogP contribution >= 0.6 is 0 Å². The second kappa shape index (κ2) is 10.5. The summed E-state index contributed by atoms with van der Waals surface area (Å²) in [5.74, 6) is -0.00534. The monoisotopic (exact) mass is 454 g/mol. The van der Waals surface area contributed by atoms with Crippen LogP contribution < -0.4 is 15.5 Å². The summed E-state index contributed by atoms with van der Waals surface area (Å²) in [6.07, 6.45) is 1.51. The second-order valence-electron chi connectivity index (χ2n) is 8.06. The Hall–Kier alpha value is -3.30. The Morgan fingerprint density at radius 3 is 2.70 bits per heavy atom. The van der Waals surface area contributed by atoms with E-state index in [0.29, 0.717) is 43.3 Å². The molecule has 4 rings (SSSR count). The number of morpholine rings is 1. The van der Waals surface area contributed by atoms with Gasteiger partial charge in [0.2, 0.25) is 0 Å². The van der Waals surface area contributed by atoms with E-state index >= 15 is 0 Å². The van der Waals surface area contributed by atoms with Crippen LogP contribution in [0.25, 0.3) is 0 Å². The highest BCUT2D eigenvalue weighted by Crippen LogP contribution is 2.29. The highest BCUT2D eigenvalue weighted by Gasteiger charge is 2.35. The molecule has 2 aliphatic rings. The van der Waals surface area contributed by atoms with Crippen molar-refractivity contribution in [3.05, 3.63) is 65.3 Å². The molecule has 1 aromatic carbocycles. The third-order valence-corrected chi connectivity index (χ3v) is 5.69. The molecule has 9 nitrogen and oxygen atoms in total. The summed E-state index contributed by atoms with van der Waals surface area (Å²) >= 11 is 0. The van der Waals surface area contributed by atoms with Gasteiger partial charge in [-0.1, -0.05) is 18.2 Å². The molecule has 9 heteroatoms. The molecular weight excluding hydrogens is 424 g/mol. The lowest BCUT2D eigenvalue weighted by Crippen LogP contribution is -2.48. The fourth-order valence-corrected chi connectivity index (χ4v) is 4.24. The zero-order chi connectivity index (χ0) is 23.2. The van der Waals surface area contributed by atoms with Crippen LogP contribution in [-0.2, 0) is 20.8 Å².